The molecule has 16 heavy (non-hydrogen) atoms. The van der Waals surface area contributed by atoms with Crippen molar-refractivity contribution in [3.8, 4) is 5.75 Å². The van der Waals surface area contributed by atoms with Crippen molar-refractivity contribution in [3.63, 3.8) is 0 Å². The van der Waals surface area contributed by atoms with Crippen LogP contribution in [0.4, 0.5) is 4.79 Å². The molecule has 1 heterocycles. The number of phenolic OH excluding ortho intramolecular Hbond substituents is 1. The highest BCUT2D eigenvalue weighted by Gasteiger charge is 2.51. The molecule has 1 unspecified atom stereocenters. The number of rotatable bonds is 0. The SMILES string of the molecule is O=C1NC(=O)C2(CCc3cc(O)ccc32)N1. The molecule has 1 aromatic carbocycles. The molecule has 0 aromatic heterocycles. The van der Waals surface area contributed by atoms with Gasteiger partial charge in [0.2, 0.25) is 0 Å². The molecule has 1 aromatic rings. The molecule has 3 amide bonds. The van der Waals surface area contributed by atoms with Crippen LogP contribution in [-0.4, -0.2) is 17.0 Å². The van der Waals surface area contributed by atoms with Gasteiger partial charge in [0.05, 0.1) is 0 Å². The first-order valence-electron chi connectivity index (χ1n) is 5.08. The molecule has 1 fully saturated rings. The first-order valence-corrected chi connectivity index (χ1v) is 5.08. The number of benzene rings is 1. The number of urea groups is 1. The molecule has 3 rings (SSSR count). The van der Waals surface area contributed by atoms with Gasteiger partial charge in [-0.15, -0.1) is 0 Å². The minimum absolute atomic E-state index is 0.181. The van der Waals surface area contributed by atoms with Gasteiger partial charge < -0.3 is 10.4 Å². The van der Waals surface area contributed by atoms with E-state index in [0.29, 0.717) is 12.8 Å². The standard InChI is InChI=1S/C11H10N2O3/c14-7-1-2-8-6(5-7)3-4-11(8)9(15)12-10(16)13-11/h1-2,5,14H,3-4H2,(H2,12,13,15,16). The van der Waals surface area contributed by atoms with Gasteiger partial charge in [-0.1, -0.05) is 6.07 Å². The molecule has 5 nitrogen and oxygen atoms in total. The zero-order valence-corrected chi connectivity index (χ0v) is 8.41. The van der Waals surface area contributed by atoms with Crippen LogP contribution in [0.15, 0.2) is 18.2 Å². The molecule has 1 aliphatic carbocycles. The van der Waals surface area contributed by atoms with Crippen molar-refractivity contribution in [3.05, 3.63) is 29.3 Å². The number of imide groups is 1. The quantitative estimate of drug-likeness (QED) is 0.550. The summed E-state index contributed by atoms with van der Waals surface area (Å²) in [7, 11) is 0. The van der Waals surface area contributed by atoms with Crippen LogP contribution in [0, 0.1) is 0 Å². The van der Waals surface area contributed by atoms with E-state index >= 15 is 0 Å². The number of amides is 3. The Balaban J connectivity index is 2.15. The van der Waals surface area contributed by atoms with E-state index in [4.69, 9.17) is 0 Å². The van der Waals surface area contributed by atoms with Crippen molar-refractivity contribution in [2.75, 3.05) is 0 Å². The Morgan fingerprint density at radius 3 is 2.81 bits per heavy atom. The van der Waals surface area contributed by atoms with E-state index < -0.39 is 11.6 Å². The summed E-state index contributed by atoms with van der Waals surface area (Å²) in [5, 5.41) is 14.3. The fourth-order valence-electron chi connectivity index (χ4n) is 2.52. The lowest BCUT2D eigenvalue weighted by molar-refractivity contribution is -0.124. The highest BCUT2D eigenvalue weighted by molar-refractivity contribution is 6.08. The first-order chi connectivity index (χ1) is 7.62. The number of carbonyl (C=O) groups is 2. The van der Waals surface area contributed by atoms with E-state index in [1.807, 2.05) is 0 Å². The van der Waals surface area contributed by atoms with Crippen molar-refractivity contribution in [1.82, 2.24) is 10.6 Å². The molecule has 0 radical (unpaired) electrons. The van der Waals surface area contributed by atoms with Gasteiger partial charge in [0.1, 0.15) is 11.3 Å². The minimum Gasteiger partial charge on any atom is -0.508 e. The third kappa shape index (κ3) is 0.997. The van der Waals surface area contributed by atoms with E-state index in [1.54, 1.807) is 12.1 Å². The van der Waals surface area contributed by atoms with E-state index in [2.05, 4.69) is 10.6 Å². The molecule has 0 saturated carbocycles. The molecule has 1 spiro atoms. The van der Waals surface area contributed by atoms with Crippen LogP contribution in [-0.2, 0) is 16.8 Å². The zero-order chi connectivity index (χ0) is 11.3. The summed E-state index contributed by atoms with van der Waals surface area (Å²) in [6.45, 7) is 0. The molecule has 3 N–H and O–H groups in total. The van der Waals surface area contributed by atoms with Crippen molar-refractivity contribution < 1.29 is 14.7 Å². The minimum atomic E-state index is -0.917. The number of carbonyl (C=O) groups excluding carboxylic acids is 2. The second-order valence-electron chi connectivity index (χ2n) is 4.16. The summed E-state index contributed by atoms with van der Waals surface area (Å²) in [6, 6.07) is 4.42. The molecule has 0 bridgehead atoms. The summed E-state index contributed by atoms with van der Waals surface area (Å²) >= 11 is 0. The van der Waals surface area contributed by atoms with Gasteiger partial charge in [-0.05, 0) is 36.1 Å². The Morgan fingerprint density at radius 2 is 2.12 bits per heavy atom. The van der Waals surface area contributed by atoms with Crippen LogP contribution in [0.1, 0.15) is 17.5 Å². The number of phenols is 1. The van der Waals surface area contributed by atoms with Crippen LogP contribution in [0.3, 0.4) is 0 Å². The van der Waals surface area contributed by atoms with Crippen LogP contribution in [0.25, 0.3) is 0 Å². The third-order valence-corrected chi connectivity index (χ3v) is 3.26. The Bertz CT molecular complexity index is 512. The zero-order valence-electron chi connectivity index (χ0n) is 8.41. The summed E-state index contributed by atoms with van der Waals surface area (Å²) in [4.78, 5) is 23.0. The van der Waals surface area contributed by atoms with E-state index in [9.17, 15) is 14.7 Å². The molecule has 1 aliphatic heterocycles. The summed E-state index contributed by atoms with van der Waals surface area (Å²) in [5.74, 6) is -0.123. The lowest BCUT2D eigenvalue weighted by Crippen LogP contribution is -2.41. The van der Waals surface area contributed by atoms with Crippen LogP contribution in [0.2, 0.25) is 0 Å². The number of nitrogens with one attached hydrogen (secondary N) is 2. The average Bonchev–Trinajstić information content (AvgIpc) is 2.70. The van der Waals surface area contributed by atoms with Crippen molar-refractivity contribution >= 4 is 11.9 Å². The summed E-state index contributed by atoms with van der Waals surface area (Å²) in [5.41, 5.74) is 0.783. The first kappa shape index (κ1) is 9.21. The topological polar surface area (TPSA) is 78.4 Å². The predicted octanol–water partition coefficient (Wildman–Crippen LogP) is 0.373. The van der Waals surface area contributed by atoms with Crippen molar-refractivity contribution in [1.29, 1.82) is 0 Å². The highest BCUT2D eigenvalue weighted by Crippen LogP contribution is 2.40. The maximum Gasteiger partial charge on any atom is 0.322 e. The Morgan fingerprint density at radius 1 is 1.31 bits per heavy atom. The monoisotopic (exact) mass is 218 g/mol. The van der Waals surface area contributed by atoms with Gasteiger partial charge in [0.25, 0.3) is 5.91 Å². The number of hydrogen-bond acceptors (Lipinski definition) is 3. The maximum absolute atomic E-state index is 11.8. The van der Waals surface area contributed by atoms with E-state index in [0.717, 1.165) is 11.1 Å². The van der Waals surface area contributed by atoms with Gasteiger partial charge in [-0.25, -0.2) is 4.79 Å². The van der Waals surface area contributed by atoms with E-state index in [-0.39, 0.29) is 11.7 Å². The number of hydrogen-bond donors (Lipinski definition) is 3. The van der Waals surface area contributed by atoms with Crippen LogP contribution < -0.4 is 10.6 Å². The molecule has 2 aliphatic rings. The largest absolute Gasteiger partial charge is 0.508 e. The molecule has 1 atom stereocenters. The predicted molar refractivity (Wildman–Crippen MR) is 54.8 cm³/mol. The van der Waals surface area contributed by atoms with Gasteiger partial charge in [0, 0.05) is 0 Å². The Kier molecular flexibility index (Phi) is 1.58. The summed E-state index contributed by atoms with van der Waals surface area (Å²) in [6.07, 6.45) is 1.22. The number of fused-ring (bicyclic) bond motifs is 2. The van der Waals surface area contributed by atoms with Gasteiger partial charge in [0.15, 0.2) is 0 Å². The maximum atomic E-state index is 11.8. The molecule has 82 valence electrons. The van der Waals surface area contributed by atoms with Crippen LogP contribution >= 0.6 is 0 Å². The molecule has 1 saturated heterocycles. The van der Waals surface area contributed by atoms with Gasteiger partial charge in [-0.2, -0.15) is 0 Å². The normalized spacial score (nSPS) is 26.8. The fourth-order valence-corrected chi connectivity index (χ4v) is 2.52. The lowest BCUT2D eigenvalue weighted by Gasteiger charge is -2.20. The van der Waals surface area contributed by atoms with Crippen molar-refractivity contribution in [2.45, 2.75) is 18.4 Å². The summed E-state index contributed by atoms with van der Waals surface area (Å²) < 4.78 is 0. The Labute approximate surface area is 91.5 Å². The molecule has 5 heteroatoms. The fraction of sp³-hybridized carbons (Fsp3) is 0.273. The van der Waals surface area contributed by atoms with Gasteiger partial charge >= 0.3 is 6.03 Å². The highest BCUT2D eigenvalue weighted by atomic mass is 16.3. The second kappa shape index (κ2) is 2.75. The smallest absolute Gasteiger partial charge is 0.322 e. The molecular weight excluding hydrogens is 208 g/mol. The number of aryl methyl sites for hydroxylation is 1. The number of aromatic hydroxyl groups is 1. The lowest BCUT2D eigenvalue weighted by atomic mass is 9.92. The Hall–Kier alpha value is -2.04. The van der Waals surface area contributed by atoms with E-state index in [1.165, 1.54) is 6.07 Å². The average molecular weight is 218 g/mol. The second-order valence-corrected chi connectivity index (χ2v) is 4.16. The van der Waals surface area contributed by atoms with Gasteiger partial charge in [-0.3, -0.25) is 10.1 Å². The third-order valence-electron chi connectivity index (χ3n) is 3.26. The van der Waals surface area contributed by atoms with Crippen molar-refractivity contribution in [2.24, 2.45) is 0 Å². The molecular formula is C11H10N2O3. The van der Waals surface area contributed by atoms with Crippen LogP contribution in [0.5, 0.6) is 5.75 Å².